The van der Waals surface area contributed by atoms with Gasteiger partial charge in [0.1, 0.15) is 23.7 Å². The number of carbonyl (C=O) groups is 3. The summed E-state index contributed by atoms with van der Waals surface area (Å²) in [5.74, 6) is -1.00. The Morgan fingerprint density at radius 2 is 1.93 bits per heavy atom. The van der Waals surface area contributed by atoms with Gasteiger partial charge in [0, 0.05) is 30.1 Å². The monoisotopic (exact) mass is 633 g/mol. The second-order valence-electron chi connectivity index (χ2n) is 11.4. The molecule has 0 radical (unpaired) electrons. The van der Waals surface area contributed by atoms with E-state index < -0.39 is 41.6 Å². The molecule has 2 aromatic carbocycles. The zero-order chi connectivity index (χ0) is 32.0. The van der Waals surface area contributed by atoms with Crippen molar-refractivity contribution in [2.75, 3.05) is 20.3 Å². The third-order valence-electron chi connectivity index (χ3n) is 8.07. The van der Waals surface area contributed by atoms with E-state index in [1.165, 1.54) is 18.4 Å². The summed E-state index contributed by atoms with van der Waals surface area (Å²) < 4.78 is 17.4. The number of aliphatic imine (C=N–C) groups is 1. The number of aromatic nitrogens is 1. The second-order valence-corrected chi connectivity index (χ2v) is 12.3. The molecule has 0 spiro atoms. The number of ether oxygens (including phenoxy) is 3. The van der Waals surface area contributed by atoms with E-state index in [0.29, 0.717) is 25.3 Å². The molecular formula is C33H39N5O6S. The molecule has 0 aliphatic carbocycles. The number of rotatable bonds is 12. The van der Waals surface area contributed by atoms with E-state index in [0.717, 1.165) is 21.7 Å². The van der Waals surface area contributed by atoms with Crippen molar-refractivity contribution in [2.45, 2.75) is 69.5 Å². The number of methoxy groups -OCH3 is 1. The molecule has 1 aromatic heterocycles. The number of likely N-dealkylation sites (tertiary alicyclic amines) is 1. The minimum absolute atomic E-state index is 0.0174. The molecule has 1 fully saturated rings. The first-order valence-electron chi connectivity index (χ1n) is 15.0. The SMILES string of the molecule is COC(=O)[C@@]1(Cc2cccc(-c3nccs3)c2)COC([C@@H]2CCCN2C(=O)[C@@H](NC(=O)[C@H](C)N)[C@@H](C)OCc2ccccc2)=N1. The summed E-state index contributed by atoms with van der Waals surface area (Å²) in [6.45, 7) is 4.00. The summed E-state index contributed by atoms with van der Waals surface area (Å²) in [5.41, 5.74) is 7.30. The minimum Gasteiger partial charge on any atom is -0.476 e. The molecular weight excluding hydrogens is 594 g/mol. The van der Waals surface area contributed by atoms with Crippen LogP contribution in [0.25, 0.3) is 10.6 Å². The van der Waals surface area contributed by atoms with Crippen molar-refractivity contribution in [3.05, 3.63) is 77.3 Å². The van der Waals surface area contributed by atoms with Gasteiger partial charge in [-0.3, -0.25) is 9.59 Å². The second kappa shape index (κ2) is 14.3. The van der Waals surface area contributed by atoms with Crippen molar-refractivity contribution in [3.8, 4) is 10.6 Å². The lowest BCUT2D eigenvalue weighted by Crippen LogP contribution is -2.58. The molecule has 238 valence electrons. The molecule has 0 bridgehead atoms. The smallest absolute Gasteiger partial charge is 0.337 e. The van der Waals surface area contributed by atoms with E-state index in [4.69, 9.17) is 24.9 Å². The Labute approximate surface area is 266 Å². The lowest BCUT2D eigenvalue weighted by Gasteiger charge is -2.32. The van der Waals surface area contributed by atoms with Gasteiger partial charge in [-0.1, -0.05) is 48.5 Å². The van der Waals surface area contributed by atoms with Gasteiger partial charge in [-0.05, 0) is 43.9 Å². The van der Waals surface area contributed by atoms with Crippen LogP contribution >= 0.6 is 11.3 Å². The highest BCUT2D eigenvalue weighted by atomic mass is 32.1. The van der Waals surface area contributed by atoms with Crippen LogP contribution in [0.1, 0.15) is 37.8 Å². The zero-order valence-electron chi connectivity index (χ0n) is 25.7. The zero-order valence-corrected chi connectivity index (χ0v) is 26.5. The van der Waals surface area contributed by atoms with Gasteiger partial charge < -0.3 is 30.2 Å². The number of thiazole rings is 1. The summed E-state index contributed by atoms with van der Waals surface area (Å²) in [5, 5.41) is 5.59. The molecule has 12 heteroatoms. The molecule has 3 N–H and O–H groups in total. The summed E-state index contributed by atoms with van der Waals surface area (Å²) in [6.07, 6.45) is 2.64. The number of carbonyl (C=O) groups excluding carboxylic acids is 3. The van der Waals surface area contributed by atoms with Gasteiger partial charge in [0.05, 0.1) is 25.9 Å². The van der Waals surface area contributed by atoms with E-state index in [-0.39, 0.29) is 25.5 Å². The van der Waals surface area contributed by atoms with Crippen LogP contribution in [-0.4, -0.2) is 83.6 Å². The van der Waals surface area contributed by atoms with Crippen LogP contribution < -0.4 is 11.1 Å². The van der Waals surface area contributed by atoms with Gasteiger partial charge >= 0.3 is 5.97 Å². The molecule has 45 heavy (non-hydrogen) atoms. The molecule has 3 aromatic rings. The van der Waals surface area contributed by atoms with Crippen LogP contribution in [0.5, 0.6) is 0 Å². The quantitative estimate of drug-likeness (QED) is 0.290. The third kappa shape index (κ3) is 7.41. The minimum atomic E-state index is -1.31. The first-order valence-corrected chi connectivity index (χ1v) is 15.9. The molecule has 2 aliphatic heterocycles. The van der Waals surface area contributed by atoms with Gasteiger partial charge in [-0.25, -0.2) is 14.8 Å². The molecule has 2 amide bonds. The molecule has 2 aliphatic rings. The van der Waals surface area contributed by atoms with E-state index in [1.807, 2.05) is 60.0 Å². The first-order chi connectivity index (χ1) is 21.7. The number of esters is 1. The lowest BCUT2D eigenvalue weighted by atomic mass is 9.92. The van der Waals surface area contributed by atoms with Crippen LogP contribution in [0.3, 0.4) is 0 Å². The van der Waals surface area contributed by atoms with Gasteiger partial charge in [0.2, 0.25) is 17.7 Å². The van der Waals surface area contributed by atoms with E-state index in [2.05, 4.69) is 10.3 Å². The average molecular weight is 634 g/mol. The predicted octanol–water partition coefficient (Wildman–Crippen LogP) is 3.12. The van der Waals surface area contributed by atoms with Crippen molar-refractivity contribution in [3.63, 3.8) is 0 Å². The fraction of sp³-hybridized carbons (Fsp3) is 0.424. The van der Waals surface area contributed by atoms with Crippen molar-refractivity contribution >= 4 is 35.0 Å². The van der Waals surface area contributed by atoms with Crippen molar-refractivity contribution in [1.82, 2.24) is 15.2 Å². The molecule has 11 nitrogen and oxygen atoms in total. The Morgan fingerprint density at radius 1 is 1.16 bits per heavy atom. The molecule has 5 atom stereocenters. The number of hydrogen-bond donors (Lipinski definition) is 2. The summed E-state index contributed by atoms with van der Waals surface area (Å²) in [7, 11) is 1.33. The van der Waals surface area contributed by atoms with Crippen LogP contribution in [0.15, 0.2) is 71.2 Å². The van der Waals surface area contributed by atoms with Gasteiger partial charge in [0.25, 0.3) is 0 Å². The molecule has 1 saturated heterocycles. The Balaban J connectivity index is 1.37. The topological polar surface area (TPSA) is 145 Å². The van der Waals surface area contributed by atoms with E-state index in [9.17, 15) is 14.4 Å². The van der Waals surface area contributed by atoms with E-state index in [1.54, 1.807) is 24.9 Å². The maximum Gasteiger partial charge on any atom is 0.337 e. The van der Waals surface area contributed by atoms with Crippen molar-refractivity contribution < 1.29 is 28.6 Å². The Bertz CT molecular complexity index is 1510. The van der Waals surface area contributed by atoms with E-state index >= 15 is 0 Å². The molecule has 0 unspecified atom stereocenters. The number of hydrogen-bond acceptors (Lipinski definition) is 10. The summed E-state index contributed by atoms with van der Waals surface area (Å²) in [6, 6.07) is 15.1. The fourth-order valence-corrected chi connectivity index (χ4v) is 6.28. The highest BCUT2D eigenvalue weighted by Crippen LogP contribution is 2.32. The molecule has 5 rings (SSSR count). The van der Waals surface area contributed by atoms with Crippen LogP contribution in [0.4, 0.5) is 0 Å². The Hall–Kier alpha value is -4.13. The Kier molecular flexibility index (Phi) is 10.3. The number of amides is 2. The normalized spacial score (nSPS) is 21.4. The fourth-order valence-electron chi connectivity index (χ4n) is 5.64. The summed E-state index contributed by atoms with van der Waals surface area (Å²) in [4.78, 5) is 50.9. The highest BCUT2D eigenvalue weighted by Gasteiger charge is 2.49. The molecule has 0 saturated carbocycles. The third-order valence-corrected chi connectivity index (χ3v) is 8.90. The lowest BCUT2D eigenvalue weighted by molar-refractivity contribution is -0.147. The Morgan fingerprint density at radius 3 is 2.64 bits per heavy atom. The first kappa shape index (κ1) is 32.3. The standard InChI is InChI=1S/C33H39N5O6S/c1-21(34)28(39)36-27(22(2)43-19-23-9-5-4-6-10-23)31(40)38-15-8-13-26(38)29-37-33(20-44-29,32(41)42-3)18-24-11-7-12-25(17-24)30-35-14-16-45-30/h4-7,9-12,14,16-17,21-22,26-27H,8,13,15,18-20,34H2,1-3H3,(H,36,39)/t21-,22+,26-,27-,33+/m0/s1. The molecule has 3 heterocycles. The van der Waals surface area contributed by atoms with Crippen molar-refractivity contribution in [2.24, 2.45) is 10.7 Å². The number of nitrogens with two attached hydrogens (primary N) is 1. The van der Waals surface area contributed by atoms with Crippen LogP contribution in [0.2, 0.25) is 0 Å². The maximum atomic E-state index is 14.1. The highest BCUT2D eigenvalue weighted by molar-refractivity contribution is 7.13. The van der Waals surface area contributed by atoms with Gasteiger partial charge in [0.15, 0.2) is 5.54 Å². The summed E-state index contributed by atoms with van der Waals surface area (Å²) >= 11 is 1.53. The average Bonchev–Trinajstić information content (AvgIpc) is 3.84. The van der Waals surface area contributed by atoms with Gasteiger partial charge in [-0.15, -0.1) is 11.3 Å². The predicted molar refractivity (Wildman–Crippen MR) is 170 cm³/mol. The number of benzene rings is 2. The maximum absolute atomic E-state index is 14.1. The largest absolute Gasteiger partial charge is 0.476 e. The number of nitrogens with one attached hydrogen (secondary N) is 1. The van der Waals surface area contributed by atoms with Crippen LogP contribution in [0, 0.1) is 0 Å². The number of nitrogens with zero attached hydrogens (tertiary/aromatic N) is 3. The van der Waals surface area contributed by atoms with Gasteiger partial charge in [-0.2, -0.15) is 0 Å². The van der Waals surface area contributed by atoms with Crippen LogP contribution in [-0.2, 0) is 41.6 Å². The van der Waals surface area contributed by atoms with Crippen molar-refractivity contribution in [1.29, 1.82) is 0 Å².